The zero-order chi connectivity index (χ0) is 13.2. The fourth-order valence-corrected chi connectivity index (χ4v) is 4.25. The van der Waals surface area contributed by atoms with Crippen molar-refractivity contribution < 1.29 is 9.90 Å². The van der Waals surface area contributed by atoms with Crippen LogP contribution in [-0.2, 0) is 4.79 Å². The smallest absolute Gasteiger partial charge is 0.325 e. The van der Waals surface area contributed by atoms with Gasteiger partial charge in [-0.3, -0.25) is 10.1 Å². The van der Waals surface area contributed by atoms with Gasteiger partial charge in [-0.1, -0.05) is 6.07 Å². The average molecular weight is 285 g/mol. The standard InChI is InChI=1S/C13H19NO2S2/c1-9(2)14-13(12(15)16,10-5-6-10)8-18-11-4-3-7-17-11/h3-4,7,9-10,14H,5-6,8H2,1-2H3,(H,15,16). The maximum atomic E-state index is 11.7. The largest absolute Gasteiger partial charge is 0.480 e. The lowest BCUT2D eigenvalue weighted by Crippen LogP contribution is -2.58. The van der Waals surface area contributed by atoms with Crippen LogP contribution in [0.15, 0.2) is 21.7 Å². The Kier molecular flexibility index (Phi) is 4.35. The van der Waals surface area contributed by atoms with Crippen LogP contribution in [0.25, 0.3) is 0 Å². The Bertz CT molecular complexity index is 401. The average Bonchev–Trinajstić information content (AvgIpc) is 3.01. The third-order valence-electron chi connectivity index (χ3n) is 3.14. The summed E-state index contributed by atoms with van der Waals surface area (Å²) >= 11 is 3.32. The highest BCUT2D eigenvalue weighted by Gasteiger charge is 2.51. The van der Waals surface area contributed by atoms with Crippen LogP contribution in [0.1, 0.15) is 26.7 Å². The predicted octanol–water partition coefficient (Wildman–Crippen LogP) is 3.07. The minimum atomic E-state index is -0.761. The topological polar surface area (TPSA) is 49.3 Å². The molecule has 0 aliphatic heterocycles. The first-order valence-electron chi connectivity index (χ1n) is 6.22. The molecule has 100 valence electrons. The number of carboxylic acids is 1. The van der Waals surface area contributed by atoms with Crippen molar-refractivity contribution in [1.82, 2.24) is 5.32 Å². The molecule has 0 spiro atoms. The second kappa shape index (κ2) is 5.63. The van der Waals surface area contributed by atoms with E-state index in [0.717, 1.165) is 12.8 Å². The van der Waals surface area contributed by atoms with E-state index >= 15 is 0 Å². The van der Waals surface area contributed by atoms with Crippen LogP contribution in [0.2, 0.25) is 0 Å². The van der Waals surface area contributed by atoms with Crippen molar-refractivity contribution in [3.05, 3.63) is 17.5 Å². The zero-order valence-corrected chi connectivity index (χ0v) is 12.3. The summed E-state index contributed by atoms with van der Waals surface area (Å²) in [7, 11) is 0. The number of thiophene rings is 1. The molecule has 2 N–H and O–H groups in total. The maximum absolute atomic E-state index is 11.7. The number of nitrogens with one attached hydrogen (secondary N) is 1. The lowest BCUT2D eigenvalue weighted by atomic mass is 9.94. The van der Waals surface area contributed by atoms with Gasteiger partial charge in [-0.15, -0.1) is 23.1 Å². The summed E-state index contributed by atoms with van der Waals surface area (Å²) in [4.78, 5) is 11.7. The van der Waals surface area contributed by atoms with Gasteiger partial charge in [0.05, 0.1) is 4.21 Å². The lowest BCUT2D eigenvalue weighted by Gasteiger charge is -2.32. The Morgan fingerprint density at radius 1 is 1.67 bits per heavy atom. The maximum Gasteiger partial charge on any atom is 0.325 e. The Balaban J connectivity index is 2.10. The molecule has 1 fully saturated rings. The van der Waals surface area contributed by atoms with Crippen molar-refractivity contribution in [2.24, 2.45) is 5.92 Å². The lowest BCUT2D eigenvalue weighted by molar-refractivity contribution is -0.145. The molecular weight excluding hydrogens is 266 g/mol. The van der Waals surface area contributed by atoms with Crippen LogP contribution in [0.5, 0.6) is 0 Å². The van der Waals surface area contributed by atoms with Gasteiger partial charge in [-0.25, -0.2) is 0 Å². The van der Waals surface area contributed by atoms with E-state index in [9.17, 15) is 9.90 Å². The molecule has 1 aliphatic carbocycles. The second-order valence-electron chi connectivity index (χ2n) is 5.07. The molecule has 1 aromatic rings. The first-order chi connectivity index (χ1) is 8.54. The molecular formula is C13H19NO2S2. The molecule has 0 saturated heterocycles. The fraction of sp³-hybridized carbons (Fsp3) is 0.615. The van der Waals surface area contributed by atoms with Crippen LogP contribution >= 0.6 is 23.1 Å². The molecule has 1 heterocycles. The van der Waals surface area contributed by atoms with E-state index in [1.54, 1.807) is 23.1 Å². The molecule has 3 nitrogen and oxygen atoms in total. The van der Waals surface area contributed by atoms with Crippen molar-refractivity contribution >= 4 is 29.1 Å². The van der Waals surface area contributed by atoms with Gasteiger partial charge in [0.15, 0.2) is 0 Å². The van der Waals surface area contributed by atoms with E-state index in [1.165, 1.54) is 4.21 Å². The van der Waals surface area contributed by atoms with E-state index in [0.29, 0.717) is 5.75 Å². The summed E-state index contributed by atoms with van der Waals surface area (Å²) in [6, 6.07) is 4.23. The fourth-order valence-electron chi connectivity index (χ4n) is 2.20. The highest BCUT2D eigenvalue weighted by molar-refractivity contribution is 8.01. The first kappa shape index (κ1) is 13.9. The van der Waals surface area contributed by atoms with E-state index in [2.05, 4.69) is 5.32 Å². The van der Waals surface area contributed by atoms with Crippen molar-refractivity contribution in [2.75, 3.05) is 5.75 Å². The highest BCUT2D eigenvalue weighted by Crippen LogP contribution is 2.43. The van der Waals surface area contributed by atoms with Gasteiger partial charge < -0.3 is 5.11 Å². The molecule has 5 heteroatoms. The Labute approximate surface area is 116 Å². The van der Waals surface area contributed by atoms with Gasteiger partial charge in [0.25, 0.3) is 0 Å². The van der Waals surface area contributed by atoms with E-state index < -0.39 is 11.5 Å². The third kappa shape index (κ3) is 3.08. The quantitative estimate of drug-likeness (QED) is 0.756. The van der Waals surface area contributed by atoms with Crippen molar-refractivity contribution in [1.29, 1.82) is 0 Å². The number of thioether (sulfide) groups is 1. The minimum Gasteiger partial charge on any atom is -0.480 e. The van der Waals surface area contributed by atoms with Crippen LogP contribution in [0.4, 0.5) is 0 Å². The minimum absolute atomic E-state index is 0.186. The molecule has 0 bridgehead atoms. The predicted molar refractivity (Wildman–Crippen MR) is 76.4 cm³/mol. The van der Waals surface area contributed by atoms with Gasteiger partial charge in [-0.2, -0.15) is 0 Å². The Morgan fingerprint density at radius 3 is 2.83 bits per heavy atom. The molecule has 1 unspecified atom stereocenters. The van der Waals surface area contributed by atoms with Gasteiger partial charge in [0.1, 0.15) is 5.54 Å². The zero-order valence-electron chi connectivity index (χ0n) is 10.7. The molecule has 18 heavy (non-hydrogen) atoms. The summed E-state index contributed by atoms with van der Waals surface area (Å²) in [5, 5.41) is 15.0. The third-order valence-corrected chi connectivity index (χ3v) is 5.46. The Morgan fingerprint density at radius 2 is 2.39 bits per heavy atom. The Hall–Kier alpha value is -0.520. The van der Waals surface area contributed by atoms with Gasteiger partial charge >= 0.3 is 5.97 Å². The van der Waals surface area contributed by atoms with Crippen LogP contribution < -0.4 is 5.32 Å². The second-order valence-corrected chi connectivity index (χ2v) is 7.29. The van der Waals surface area contributed by atoms with Crippen molar-refractivity contribution in [2.45, 2.75) is 42.5 Å². The number of rotatable bonds is 7. The summed E-state index contributed by atoms with van der Waals surface area (Å²) in [6.45, 7) is 4.02. The summed E-state index contributed by atoms with van der Waals surface area (Å²) in [5.41, 5.74) is -0.761. The highest BCUT2D eigenvalue weighted by atomic mass is 32.2. The summed E-state index contributed by atoms with van der Waals surface area (Å²) in [6.07, 6.45) is 2.05. The normalized spacial score (nSPS) is 18.8. The monoisotopic (exact) mass is 285 g/mol. The number of carboxylic acid groups (broad SMARTS) is 1. The molecule has 2 rings (SSSR count). The molecule has 1 atom stereocenters. The first-order valence-corrected chi connectivity index (χ1v) is 8.08. The number of carbonyl (C=O) groups is 1. The van der Waals surface area contributed by atoms with Crippen molar-refractivity contribution in [3.63, 3.8) is 0 Å². The van der Waals surface area contributed by atoms with Gasteiger partial charge in [0.2, 0.25) is 0 Å². The van der Waals surface area contributed by atoms with Crippen LogP contribution in [0.3, 0.4) is 0 Å². The van der Waals surface area contributed by atoms with Gasteiger partial charge in [-0.05, 0) is 44.1 Å². The van der Waals surface area contributed by atoms with Crippen LogP contribution in [-0.4, -0.2) is 28.4 Å². The van der Waals surface area contributed by atoms with E-state index in [-0.39, 0.29) is 12.0 Å². The molecule has 0 aromatic carbocycles. The molecule has 1 aromatic heterocycles. The number of hydrogen-bond donors (Lipinski definition) is 2. The van der Waals surface area contributed by atoms with Crippen molar-refractivity contribution in [3.8, 4) is 0 Å². The van der Waals surface area contributed by atoms with E-state index in [4.69, 9.17) is 0 Å². The molecule has 0 amide bonds. The summed E-state index contributed by atoms with van der Waals surface area (Å²) < 4.78 is 1.19. The molecule has 1 saturated carbocycles. The van der Waals surface area contributed by atoms with E-state index in [1.807, 2.05) is 31.4 Å². The number of hydrogen-bond acceptors (Lipinski definition) is 4. The number of aliphatic carboxylic acids is 1. The van der Waals surface area contributed by atoms with Gasteiger partial charge in [0, 0.05) is 11.8 Å². The summed E-state index contributed by atoms with van der Waals surface area (Å²) in [5.74, 6) is 0.179. The molecule has 1 aliphatic rings. The SMILES string of the molecule is CC(C)NC(CSc1cccs1)(C(=O)O)C1CC1. The van der Waals surface area contributed by atoms with Crippen LogP contribution in [0, 0.1) is 5.92 Å². The molecule has 0 radical (unpaired) electrons.